The molecule has 152 valence electrons. The quantitative estimate of drug-likeness (QED) is 0.494. The third-order valence-corrected chi connectivity index (χ3v) is 7.40. The van der Waals surface area contributed by atoms with Crippen molar-refractivity contribution in [2.24, 2.45) is 10.9 Å². The van der Waals surface area contributed by atoms with Crippen LogP contribution in [0.1, 0.15) is 20.8 Å². The van der Waals surface area contributed by atoms with Gasteiger partial charge in [0.2, 0.25) is 10.0 Å². The molecule has 0 amide bonds. The third kappa shape index (κ3) is 6.90. The number of hydrogen-bond acceptors (Lipinski definition) is 5. The van der Waals surface area contributed by atoms with Gasteiger partial charge in [0, 0.05) is 63.9 Å². The second-order valence-electron chi connectivity index (χ2n) is 7.24. The standard InChI is InChI=1S/C17H35N5O2S2/c1-4-18-17(21-8-6-20(7-9-21)15-16(2)3)19-5-14-26(23,24)22-10-12-25-13-11-22/h16H,4-15H2,1-3H3,(H,18,19). The molecule has 2 aliphatic heterocycles. The van der Waals surface area contributed by atoms with Crippen molar-refractivity contribution in [1.29, 1.82) is 0 Å². The third-order valence-electron chi connectivity index (χ3n) is 4.60. The molecule has 0 aromatic carbocycles. The molecule has 0 aromatic rings. The summed E-state index contributed by atoms with van der Waals surface area (Å²) in [5.74, 6) is 3.42. The van der Waals surface area contributed by atoms with Crippen molar-refractivity contribution in [2.75, 3.05) is 76.2 Å². The maximum Gasteiger partial charge on any atom is 0.215 e. The fourth-order valence-corrected chi connectivity index (χ4v) is 5.76. The van der Waals surface area contributed by atoms with Crippen molar-refractivity contribution in [3.8, 4) is 0 Å². The zero-order valence-electron chi connectivity index (χ0n) is 16.5. The fraction of sp³-hybridized carbons (Fsp3) is 0.941. The van der Waals surface area contributed by atoms with E-state index in [1.807, 2.05) is 18.7 Å². The Morgan fingerprint density at radius 3 is 2.35 bits per heavy atom. The van der Waals surface area contributed by atoms with Gasteiger partial charge in [0.05, 0.1) is 12.3 Å². The van der Waals surface area contributed by atoms with E-state index < -0.39 is 10.0 Å². The molecule has 0 aromatic heterocycles. The summed E-state index contributed by atoms with van der Waals surface area (Å²) in [5.41, 5.74) is 0. The molecule has 26 heavy (non-hydrogen) atoms. The van der Waals surface area contributed by atoms with E-state index in [4.69, 9.17) is 0 Å². The van der Waals surface area contributed by atoms with E-state index >= 15 is 0 Å². The molecule has 0 radical (unpaired) electrons. The van der Waals surface area contributed by atoms with E-state index in [0.29, 0.717) is 25.6 Å². The van der Waals surface area contributed by atoms with E-state index in [1.165, 1.54) is 0 Å². The lowest BCUT2D eigenvalue weighted by Crippen LogP contribution is -2.53. The van der Waals surface area contributed by atoms with Gasteiger partial charge in [-0.2, -0.15) is 11.8 Å². The van der Waals surface area contributed by atoms with Gasteiger partial charge in [0.15, 0.2) is 5.96 Å². The number of thioether (sulfide) groups is 1. The van der Waals surface area contributed by atoms with Gasteiger partial charge in [-0.15, -0.1) is 0 Å². The molecule has 0 unspecified atom stereocenters. The molecule has 0 saturated carbocycles. The van der Waals surface area contributed by atoms with Gasteiger partial charge >= 0.3 is 0 Å². The minimum atomic E-state index is -3.19. The highest BCUT2D eigenvalue weighted by Crippen LogP contribution is 2.13. The first kappa shape index (κ1) is 21.8. The number of hydrogen-bond donors (Lipinski definition) is 1. The van der Waals surface area contributed by atoms with Gasteiger partial charge < -0.3 is 10.2 Å². The first-order valence-corrected chi connectivity index (χ1v) is 12.5. The molecule has 0 atom stereocenters. The first-order chi connectivity index (χ1) is 12.4. The van der Waals surface area contributed by atoms with Crippen LogP contribution in [0.25, 0.3) is 0 Å². The summed E-state index contributed by atoms with van der Waals surface area (Å²) in [6, 6.07) is 0. The van der Waals surface area contributed by atoms with Crippen molar-refractivity contribution < 1.29 is 8.42 Å². The zero-order chi connectivity index (χ0) is 19.0. The maximum atomic E-state index is 12.5. The van der Waals surface area contributed by atoms with E-state index in [-0.39, 0.29) is 5.75 Å². The number of rotatable bonds is 7. The van der Waals surface area contributed by atoms with Crippen LogP contribution in [0.5, 0.6) is 0 Å². The van der Waals surface area contributed by atoms with Gasteiger partial charge in [0.1, 0.15) is 0 Å². The molecule has 2 rings (SSSR count). The smallest absolute Gasteiger partial charge is 0.215 e. The van der Waals surface area contributed by atoms with Crippen LogP contribution in [0.15, 0.2) is 4.99 Å². The number of nitrogens with one attached hydrogen (secondary N) is 1. The molecule has 0 spiro atoms. The molecule has 2 fully saturated rings. The van der Waals surface area contributed by atoms with Crippen molar-refractivity contribution in [2.45, 2.75) is 20.8 Å². The predicted molar refractivity (Wildman–Crippen MR) is 112 cm³/mol. The van der Waals surface area contributed by atoms with Crippen molar-refractivity contribution >= 4 is 27.7 Å². The van der Waals surface area contributed by atoms with Crippen molar-refractivity contribution in [3.63, 3.8) is 0 Å². The molecular formula is C17H35N5O2S2. The van der Waals surface area contributed by atoms with Crippen molar-refractivity contribution in [3.05, 3.63) is 0 Å². The SMILES string of the molecule is CCNC(=NCCS(=O)(=O)N1CCSCC1)N1CCN(CC(C)C)CC1. The Hall–Kier alpha value is -0.510. The van der Waals surface area contributed by atoms with Gasteiger partial charge in [-0.05, 0) is 12.8 Å². The average Bonchev–Trinajstić information content (AvgIpc) is 2.62. The number of guanidine groups is 1. The molecule has 2 aliphatic rings. The highest BCUT2D eigenvalue weighted by Gasteiger charge is 2.24. The second kappa shape index (κ2) is 10.7. The first-order valence-electron chi connectivity index (χ1n) is 9.73. The van der Waals surface area contributed by atoms with Gasteiger partial charge in [-0.1, -0.05) is 13.8 Å². The van der Waals surface area contributed by atoms with Crippen LogP contribution in [0.2, 0.25) is 0 Å². The molecule has 0 bridgehead atoms. The maximum absolute atomic E-state index is 12.5. The van der Waals surface area contributed by atoms with Crippen LogP contribution in [0, 0.1) is 5.92 Å². The minimum absolute atomic E-state index is 0.0971. The van der Waals surface area contributed by atoms with Crippen LogP contribution in [-0.4, -0.2) is 105 Å². The highest BCUT2D eigenvalue weighted by molar-refractivity contribution is 7.99. The summed E-state index contributed by atoms with van der Waals surface area (Å²) in [6.45, 7) is 14.0. The molecule has 1 N–H and O–H groups in total. The van der Waals surface area contributed by atoms with Crippen molar-refractivity contribution in [1.82, 2.24) is 19.4 Å². The van der Waals surface area contributed by atoms with E-state index in [2.05, 4.69) is 34.0 Å². The lowest BCUT2D eigenvalue weighted by atomic mass is 10.2. The average molecular weight is 406 g/mol. The largest absolute Gasteiger partial charge is 0.357 e. The Labute approximate surface area is 163 Å². The van der Waals surface area contributed by atoms with Crippen LogP contribution in [-0.2, 0) is 10.0 Å². The number of sulfonamides is 1. The lowest BCUT2D eigenvalue weighted by molar-refractivity contribution is 0.164. The van der Waals surface area contributed by atoms with E-state index in [9.17, 15) is 8.42 Å². The molecule has 2 heterocycles. The van der Waals surface area contributed by atoms with Gasteiger partial charge in [0.25, 0.3) is 0 Å². The number of nitrogens with zero attached hydrogens (tertiary/aromatic N) is 4. The number of piperazine rings is 1. The molecule has 2 saturated heterocycles. The molecule has 9 heteroatoms. The Morgan fingerprint density at radius 1 is 1.12 bits per heavy atom. The lowest BCUT2D eigenvalue weighted by Gasteiger charge is -2.37. The Kier molecular flexibility index (Phi) is 8.99. The summed E-state index contributed by atoms with van der Waals surface area (Å²) in [7, 11) is -3.19. The Morgan fingerprint density at radius 2 is 1.77 bits per heavy atom. The summed E-state index contributed by atoms with van der Waals surface area (Å²) < 4.78 is 26.5. The predicted octanol–water partition coefficient (Wildman–Crippen LogP) is 0.604. The molecular weight excluding hydrogens is 370 g/mol. The molecule has 0 aliphatic carbocycles. The van der Waals surface area contributed by atoms with E-state index in [0.717, 1.165) is 56.7 Å². The minimum Gasteiger partial charge on any atom is -0.357 e. The van der Waals surface area contributed by atoms with E-state index in [1.54, 1.807) is 4.31 Å². The summed E-state index contributed by atoms with van der Waals surface area (Å²) in [6.07, 6.45) is 0. The summed E-state index contributed by atoms with van der Waals surface area (Å²) >= 11 is 1.82. The summed E-state index contributed by atoms with van der Waals surface area (Å²) in [5, 5.41) is 3.32. The van der Waals surface area contributed by atoms with Crippen LogP contribution < -0.4 is 5.32 Å². The second-order valence-corrected chi connectivity index (χ2v) is 10.6. The van der Waals surface area contributed by atoms with Crippen LogP contribution in [0.3, 0.4) is 0 Å². The number of aliphatic imine (C=N–C) groups is 1. The van der Waals surface area contributed by atoms with Crippen LogP contribution in [0.4, 0.5) is 0 Å². The monoisotopic (exact) mass is 405 g/mol. The normalized spacial score (nSPS) is 21.4. The van der Waals surface area contributed by atoms with Crippen LogP contribution >= 0.6 is 11.8 Å². The molecule has 7 nitrogen and oxygen atoms in total. The Balaban J connectivity index is 1.86. The van der Waals surface area contributed by atoms with Gasteiger partial charge in [-0.3, -0.25) is 9.89 Å². The fourth-order valence-electron chi connectivity index (χ4n) is 3.31. The van der Waals surface area contributed by atoms with Gasteiger partial charge in [-0.25, -0.2) is 12.7 Å². The summed E-state index contributed by atoms with van der Waals surface area (Å²) in [4.78, 5) is 9.35. The Bertz CT molecular complexity index is 539. The topological polar surface area (TPSA) is 68.2 Å². The zero-order valence-corrected chi connectivity index (χ0v) is 18.1. The highest BCUT2D eigenvalue weighted by atomic mass is 32.2.